The number of hydrogen-bond donors (Lipinski definition) is 9. The van der Waals surface area contributed by atoms with Crippen molar-refractivity contribution in [2.75, 3.05) is 6.54 Å². The van der Waals surface area contributed by atoms with Crippen molar-refractivity contribution in [3.05, 3.63) is 18.2 Å². The van der Waals surface area contributed by atoms with Crippen LogP contribution in [-0.2, 0) is 28.6 Å². The fraction of sp³-hybridized carbons (Fsp3) is 0.794. The molecule has 0 bridgehead atoms. The van der Waals surface area contributed by atoms with Crippen LogP contribution in [-0.4, -0.2) is 133 Å². The Labute approximate surface area is 290 Å². The first-order valence-electron chi connectivity index (χ1n) is 17.5. The van der Waals surface area contributed by atoms with Gasteiger partial charge in [0.15, 0.2) is 36.1 Å². The van der Waals surface area contributed by atoms with Crippen LogP contribution < -0.4 is 11.1 Å². The van der Waals surface area contributed by atoms with Gasteiger partial charge in [-0.1, -0.05) is 13.8 Å². The van der Waals surface area contributed by atoms with E-state index in [1.807, 2.05) is 19.9 Å². The Bertz CT molecular complexity index is 1290. The molecule has 5 aliphatic rings. The lowest BCUT2D eigenvalue weighted by atomic mass is 9.66. The van der Waals surface area contributed by atoms with E-state index in [1.165, 1.54) is 0 Å². The van der Waals surface area contributed by atoms with Gasteiger partial charge in [0.1, 0.15) is 30.6 Å². The van der Waals surface area contributed by atoms with Gasteiger partial charge in [0.05, 0.1) is 30.5 Å². The largest absolute Gasteiger partial charge is 0.479 e. The summed E-state index contributed by atoms with van der Waals surface area (Å²) >= 11 is 0. The number of carboxylic acid groups (broad SMARTS) is 1. The van der Waals surface area contributed by atoms with E-state index < -0.39 is 90.2 Å². The van der Waals surface area contributed by atoms with E-state index >= 15 is 0 Å². The molecule has 0 spiro atoms. The summed E-state index contributed by atoms with van der Waals surface area (Å²) in [4.78, 5) is 41.2. The normalized spacial score (nSPS) is 43.0. The molecule has 2 saturated heterocycles. The second kappa shape index (κ2) is 15.6. The Morgan fingerprint density at radius 2 is 1.82 bits per heavy atom. The molecule has 50 heavy (non-hydrogen) atoms. The Morgan fingerprint density at radius 1 is 1.12 bits per heavy atom. The molecule has 16 heteroatoms. The molecule has 280 valence electrons. The highest BCUT2D eigenvalue weighted by atomic mass is 16.7. The summed E-state index contributed by atoms with van der Waals surface area (Å²) in [6.07, 6.45) is -6.56. The van der Waals surface area contributed by atoms with Crippen LogP contribution in [0.25, 0.3) is 0 Å². The number of hydrogen-bond acceptors (Lipinski definition) is 14. The lowest BCUT2D eigenvalue weighted by Crippen LogP contribution is -2.81. The summed E-state index contributed by atoms with van der Waals surface area (Å²) < 4.78 is 17.8. The maximum atomic E-state index is 12.6. The van der Waals surface area contributed by atoms with Crippen molar-refractivity contribution in [3.63, 3.8) is 0 Å². The number of carboxylic acids is 1. The third-order valence-corrected chi connectivity index (χ3v) is 11.7. The number of aliphatic hydroxyl groups excluding tert-OH is 4. The number of aliphatic hydroxyl groups is 6. The minimum atomic E-state index is -3.28. The number of aliphatic carboxylic acids is 1. The van der Waals surface area contributed by atoms with Crippen molar-refractivity contribution < 1.29 is 64.3 Å². The van der Waals surface area contributed by atoms with Crippen molar-refractivity contribution in [2.45, 2.75) is 132 Å². The van der Waals surface area contributed by atoms with E-state index in [-0.39, 0.29) is 43.4 Å². The minimum absolute atomic E-state index is 0.0178. The van der Waals surface area contributed by atoms with Crippen LogP contribution in [0.1, 0.15) is 65.2 Å². The number of nitrogens with zero attached hydrogens (tertiary/aromatic N) is 1. The van der Waals surface area contributed by atoms with Crippen molar-refractivity contribution in [3.8, 4) is 0 Å². The number of aliphatic imine (C=N–C) groups is 1. The number of fused-ring (bicyclic) bond motifs is 1. The fourth-order valence-corrected chi connectivity index (χ4v) is 8.49. The van der Waals surface area contributed by atoms with E-state index in [9.17, 15) is 50.1 Å². The Morgan fingerprint density at radius 3 is 2.40 bits per heavy atom. The lowest BCUT2D eigenvalue weighted by Gasteiger charge is -2.55. The number of nitrogens with one attached hydrogen (secondary N) is 1. The van der Waals surface area contributed by atoms with Gasteiger partial charge in [-0.05, 0) is 56.3 Å². The van der Waals surface area contributed by atoms with Crippen LogP contribution in [0.3, 0.4) is 0 Å². The van der Waals surface area contributed by atoms with Crippen LogP contribution in [0.5, 0.6) is 0 Å². The Hall–Kier alpha value is -2.51. The summed E-state index contributed by atoms with van der Waals surface area (Å²) in [6, 6.07) is 0. The molecular weight excluding hydrogens is 658 g/mol. The number of carbonyl (C=O) groups is 3. The van der Waals surface area contributed by atoms with Crippen molar-refractivity contribution >= 4 is 24.4 Å². The monoisotopic (exact) mass is 710 g/mol. The molecule has 4 fully saturated rings. The molecule has 3 heterocycles. The van der Waals surface area contributed by atoms with Crippen molar-refractivity contribution in [2.24, 2.45) is 40.3 Å². The van der Waals surface area contributed by atoms with Gasteiger partial charge in [-0.15, -0.1) is 4.99 Å². The molecule has 5 rings (SSSR count). The number of carbonyl (C=O) groups excluding carboxylic acids is 2. The number of rotatable bonds is 13. The van der Waals surface area contributed by atoms with E-state index in [0.717, 1.165) is 5.57 Å². The van der Waals surface area contributed by atoms with Gasteiger partial charge in [-0.2, -0.15) is 0 Å². The Kier molecular flexibility index (Phi) is 12.1. The molecule has 2 saturated carbocycles. The standard InChI is InChI=1S/C34H51N3O13/c1-16(2)19(11-17-9-10-36-13-17)14-37-31(45)34(47)32(50-27(30(43)44)28(41)33(34,46)15-38)48-21-7-8-22-23(12-21)49-26(29(35)42)24(25(22)40)18-3-5-20(39)6-4-18/h9-10,13,15-16,18-28,31-32,37,39-41,45-47H,3-8,11-12,14H2,1-2H3,(H2-,35,42,43,44)/p+1/t18?,19-,20?,21?,22?,23?,24?,25?,26?,27-,28+,31+,32+,33-,34+/m0/s1. The summed E-state index contributed by atoms with van der Waals surface area (Å²) in [7, 11) is 0. The van der Waals surface area contributed by atoms with Gasteiger partial charge in [-0.25, -0.2) is 4.79 Å². The molecule has 0 aromatic carbocycles. The minimum Gasteiger partial charge on any atom is -0.479 e. The third-order valence-electron chi connectivity index (χ3n) is 11.7. The third kappa shape index (κ3) is 7.38. The van der Waals surface area contributed by atoms with Crippen molar-refractivity contribution in [1.82, 2.24) is 5.32 Å². The zero-order valence-corrected chi connectivity index (χ0v) is 28.4. The van der Waals surface area contributed by atoms with E-state index in [1.54, 1.807) is 12.8 Å². The van der Waals surface area contributed by atoms with Crippen LogP contribution >= 0.6 is 0 Å². The van der Waals surface area contributed by atoms with Crippen LogP contribution in [0.4, 0.5) is 0 Å². The number of amides is 1. The van der Waals surface area contributed by atoms with Gasteiger partial charge in [0, 0.05) is 31.2 Å². The van der Waals surface area contributed by atoms with Crippen LogP contribution in [0, 0.1) is 36.1 Å². The smallest absolute Gasteiger partial charge is 0.335 e. The topological polar surface area (TPSA) is 271 Å². The first kappa shape index (κ1) is 38.7. The van der Waals surface area contributed by atoms with E-state index in [2.05, 4.69) is 10.3 Å². The molecule has 0 aromatic heterocycles. The molecule has 10 N–H and O–H groups in total. The molecule has 0 aromatic rings. The number of allylic oxidation sites excluding steroid dienone is 1. The van der Waals surface area contributed by atoms with E-state index in [4.69, 9.17) is 19.9 Å². The summed E-state index contributed by atoms with van der Waals surface area (Å²) in [5.74, 6) is -3.65. The fourth-order valence-electron chi connectivity index (χ4n) is 8.49. The van der Waals surface area contributed by atoms with E-state index in [0.29, 0.717) is 38.5 Å². The molecule has 6 unspecified atom stereocenters. The van der Waals surface area contributed by atoms with Crippen LogP contribution in [0.15, 0.2) is 16.6 Å². The molecule has 1 amide bonds. The lowest BCUT2D eigenvalue weighted by molar-refractivity contribution is -0.384. The average molecular weight is 711 g/mol. The number of primary amides is 1. The predicted molar refractivity (Wildman–Crippen MR) is 174 cm³/mol. The Balaban J connectivity index is 1.36. The molecular formula is C34H52N3O13+. The zero-order valence-electron chi connectivity index (χ0n) is 28.4. The maximum absolute atomic E-state index is 12.6. The highest BCUT2D eigenvalue weighted by molar-refractivity contribution is 5.82. The first-order chi connectivity index (χ1) is 23.6. The molecule has 2 aliphatic carbocycles. The second-order valence-corrected chi connectivity index (χ2v) is 15.0. The van der Waals surface area contributed by atoms with Gasteiger partial charge in [0.25, 0.3) is 0 Å². The van der Waals surface area contributed by atoms with Gasteiger partial charge < -0.3 is 55.7 Å². The summed E-state index contributed by atoms with van der Waals surface area (Å²) in [6.45, 7) is 5.60. The SMILES string of the molecule is CC(C)[C@H](CN[C@H](O)[C@@]1(O)[C@H](OC2CCC3C(C2)OC(C(N)=O)C(C2CCC(O)CC2)C3O)O[C@H](C(=O)O)[C@@H](O)[C@@]1(O)C=O)CC1=C[CH+]N=C1. The summed E-state index contributed by atoms with van der Waals surface area (Å²) in [5, 5.41) is 80.0. The summed E-state index contributed by atoms with van der Waals surface area (Å²) in [5.41, 5.74) is 0.276. The highest BCUT2D eigenvalue weighted by Crippen LogP contribution is 2.47. The molecule has 16 nitrogen and oxygen atoms in total. The first-order valence-corrected chi connectivity index (χ1v) is 17.5. The number of aldehydes is 1. The highest BCUT2D eigenvalue weighted by Gasteiger charge is 2.70. The van der Waals surface area contributed by atoms with Gasteiger partial charge in [0.2, 0.25) is 5.91 Å². The zero-order chi connectivity index (χ0) is 36.5. The van der Waals surface area contributed by atoms with Gasteiger partial charge >= 0.3 is 5.97 Å². The average Bonchev–Trinajstić information content (AvgIpc) is 3.60. The quantitative estimate of drug-likeness (QED) is 0.0600. The van der Waals surface area contributed by atoms with Crippen molar-refractivity contribution in [1.29, 1.82) is 0 Å². The molecule has 3 aliphatic heterocycles. The predicted octanol–water partition coefficient (Wildman–Crippen LogP) is -1.47. The number of ether oxygens (including phenoxy) is 3. The molecule has 0 radical (unpaired) electrons. The molecule has 13 atom stereocenters. The maximum Gasteiger partial charge on any atom is 0.335 e. The van der Waals surface area contributed by atoms with Gasteiger partial charge in [-0.3, -0.25) is 14.9 Å². The second-order valence-electron chi connectivity index (χ2n) is 15.0. The van der Waals surface area contributed by atoms with Crippen LogP contribution in [0.2, 0.25) is 0 Å². The number of nitrogens with two attached hydrogens (primary N) is 1.